The molecule has 1 unspecified atom stereocenters. The molecule has 1 aromatic carbocycles. The van der Waals surface area contributed by atoms with Crippen molar-refractivity contribution >= 4 is 40.9 Å². The molecule has 0 amide bonds. The number of alkyl halides is 2. The van der Waals surface area contributed by atoms with Crippen LogP contribution in [-0.2, 0) is 10.2 Å². The Morgan fingerprint density at radius 2 is 1.88 bits per heavy atom. The predicted molar refractivity (Wildman–Crippen MR) is 66.6 cm³/mol. The maximum atomic E-state index is 11.3. The van der Waals surface area contributed by atoms with Gasteiger partial charge in [-0.25, -0.2) is 0 Å². The van der Waals surface area contributed by atoms with E-state index in [2.05, 4.69) is 0 Å². The Hall–Kier alpha value is -0.380. The van der Waals surface area contributed by atoms with Crippen LogP contribution in [0.5, 0.6) is 0 Å². The summed E-state index contributed by atoms with van der Waals surface area (Å²) < 4.78 is -1.18. The van der Waals surface area contributed by atoms with Gasteiger partial charge in [-0.2, -0.15) is 0 Å². The van der Waals surface area contributed by atoms with Crippen molar-refractivity contribution < 1.29 is 9.90 Å². The molecule has 1 saturated carbocycles. The van der Waals surface area contributed by atoms with Gasteiger partial charge in [0.25, 0.3) is 0 Å². The smallest absolute Gasteiger partial charge is 0.317 e. The lowest BCUT2D eigenvalue weighted by Crippen LogP contribution is -2.26. The van der Waals surface area contributed by atoms with E-state index in [0.29, 0.717) is 5.56 Å². The summed E-state index contributed by atoms with van der Waals surface area (Å²) in [5.41, 5.74) is -0.463. The Bertz CT molecular complexity index is 430. The zero-order valence-corrected chi connectivity index (χ0v) is 10.9. The van der Waals surface area contributed by atoms with Gasteiger partial charge >= 0.3 is 5.97 Å². The molecule has 0 aliphatic heterocycles. The molecule has 0 saturated heterocycles. The van der Waals surface area contributed by atoms with Crippen LogP contribution in [0.4, 0.5) is 0 Å². The zero-order valence-electron chi connectivity index (χ0n) is 8.54. The van der Waals surface area contributed by atoms with Crippen molar-refractivity contribution in [2.24, 2.45) is 0 Å². The molecular formula is C11H10Cl2O2S. The number of hydrogen-bond acceptors (Lipinski definition) is 2. The number of carbonyl (C=O) groups is 1. The summed E-state index contributed by atoms with van der Waals surface area (Å²) in [5.74, 6) is -0.964. The molecule has 0 heterocycles. The van der Waals surface area contributed by atoms with Crippen molar-refractivity contribution in [3.8, 4) is 0 Å². The van der Waals surface area contributed by atoms with Gasteiger partial charge in [0, 0.05) is 11.3 Å². The second-order valence-electron chi connectivity index (χ2n) is 3.82. The molecule has 0 bridgehead atoms. The van der Waals surface area contributed by atoms with Crippen LogP contribution >= 0.6 is 35.0 Å². The van der Waals surface area contributed by atoms with Crippen molar-refractivity contribution in [3.63, 3.8) is 0 Å². The monoisotopic (exact) mass is 276 g/mol. The van der Waals surface area contributed by atoms with Gasteiger partial charge < -0.3 is 5.11 Å². The minimum Gasteiger partial charge on any atom is -0.480 e. The predicted octanol–water partition coefficient (Wildman–Crippen LogP) is 3.31. The minimum atomic E-state index is -1.18. The van der Waals surface area contributed by atoms with Crippen molar-refractivity contribution in [1.29, 1.82) is 0 Å². The zero-order chi connectivity index (χ0) is 12.0. The number of carboxylic acids is 1. The quantitative estimate of drug-likeness (QED) is 0.680. The number of halogens is 2. The highest BCUT2D eigenvalue weighted by molar-refractivity contribution is 7.98. The standard InChI is InChI=1S/C11H10Cl2O2S/c1-16-8-4-2-7(3-5-8)10(9(14)15)6-11(10,12)13/h2-5H,6H2,1H3,(H,14,15). The van der Waals surface area contributed by atoms with E-state index < -0.39 is 15.7 Å². The number of rotatable bonds is 3. The van der Waals surface area contributed by atoms with Gasteiger partial charge in [0.15, 0.2) is 0 Å². The maximum Gasteiger partial charge on any atom is 0.317 e. The van der Waals surface area contributed by atoms with E-state index in [1.165, 1.54) is 0 Å². The minimum absolute atomic E-state index is 0.261. The first kappa shape index (κ1) is 12.1. The lowest BCUT2D eigenvalue weighted by Gasteiger charge is -2.13. The number of benzene rings is 1. The normalized spacial score (nSPS) is 26.4. The van der Waals surface area contributed by atoms with Gasteiger partial charge in [-0.15, -0.1) is 11.8 Å². The maximum absolute atomic E-state index is 11.3. The molecule has 2 nitrogen and oxygen atoms in total. The van der Waals surface area contributed by atoms with Crippen LogP contribution < -0.4 is 0 Å². The van der Waals surface area contributed by atoms with Crippen LogP contribution in [-0.4, -0.2) is 21.7 Å². The van der Waals surface area contributed by atoms with Gasteiger partial charge in [-0.3, -0.25) is 4.79 Å². The van der Waals surface area contributed by atoms with Gasteiger partial charge in [0.05, 0.1) is 0 Å². The first-order valence-electron chi connectivity index (χ1n) is 4.70. The Morgan fingerprint density at radius 1 is 1.38 bits per heavy atom. The van der Waals surface area contributed by atoms with Crippen molar-refractivity contribution in [3.05, 3.63) is 29.8 Å². The topological polar surface area (TPSA) is 37.3 Å². The lowest BCUT2D eigenvalue weighted by molar-refractivity contribution is -0.140. The van der Waals surface area contributed by atoms with Gasteiger partial charge in [0.2, 0.25) is 0 Å². The molecule has 1 aliphatic carbocycles. The third-order valence-electron chi connectivity index (χ3n) is 2.93. The summed E-state index contributed by atoms with van der Waals surface area (Å²) in [6.45, 7) is 0. The molecule has 16 heavy (non-hydrogen) atoms. The fraction of sp³-hybridized carbons (Fsp3) is 0.364. The van der Waals surface area contributed by atoms with E-state index in [9.17, 15) is 9.90 Å². The third kappa shape index (κ3) is 1.62. The summed E-state index contributed by atoms with van der Waals surface area (Å²) in [4.78, 5) is 12.4. The number of aliphatic carboxylic acids is 1. The molecule has 1 N–H and O–H groups in total. The second kappa shape index (κ2) is 3.83. The van der Waals surface area contributed by atoms with Gasteiger partial charge in [0.1, 0.15) is 9.75 Å². The SMILES string of the molecule is CSc1ccc(C2(C(=O)O)CC2(Cl)Cl)cc1. The molecule has 0 spiro atoms. The number of thioether (sulfide) groups is 1. The van der Waals surface area contributed by atoms with Crippen LogP contribution in [0.15, 0.2) is 29.2 Å². The fourth-order valence-corrected chi connectivity index (χ4v) is 3.02. The van der Waals surface area contributed by atoms with E-state index in [0.717, 1.165) is 4.90 Å². The van der Waals surface area contributed by atoms with E-state index in [1.807, 2.05) is 18.4 Å². The Kier molecular flexibility index (Phi) is 2.89. The molecule has 86 valence electrons. The molecule has 2 rings (SSSR count). The summed E-state index contributed by atoms with van der Waals surface area (Å²) in [6.07, 6.45) is 2.23. The van der Waals surface area contributed by atoms with Crippen LogP contribution in [0.25, 0.3) is 0 Å². The average molecular weight is 277 g/mol. The first-order valence-corrected chi connectivity index (χ1v) is 6.68. The van der Waals surface area contributed by atoms with E-state index in [1.54, 1.807) is 23.9 Å². The highest BCUT2D eigenvalue weighted by Crippen LogP contribution is 2.64. The fourth-order valence-electron chi connectivity index (χ4n) is 1.83. The van der Waals surface area contributed by atoms with Crippen molar-refractivity contribution in [2.45, 2.75) is 21.1 Å². The Labute approximate surface area is 108 Å². The van der Waals surface area contributed by atoms with Crippen LogP contribution in [0.3, 0.4) is 0 Å². The number of carboxylic acid groups (broad SMARTS) is 1. The second-order valence-corrected chi connectivity index (χ2v) is 6.18. The third-order valence-corrected chi connectivity index (χ3v) is 4.59. The molecule has 0 aromatic heterocycles. The highest BCUT2D eigenvalue weighted by Gasteiger charge is 2.72. The highest BCUT2D eigenvalue weighted by atomic mass is 35.5. The summed E-state index contributed by atoms with van der Waals surface area (Å²) in [5, 5.41) is 9.25. The Balaban J connectivity index is 2.39. The first-order chi connectivity index (χ1) is 7.44. The van der Waals surface area contributed by atoms with Crippen LogP contribution in [0, 0.1) is 0 Å². The molecule has 1 fully saturated rings. The van der Waals surface area contributed by atoms with E-state index in [-0.39, 0.29) is 6.42 Å². The average Bonchev–Trinajstić information content (AvgIpc) is 2.84. The molecule has 1 aliphatic rings. The summed E-state index contributed by atoms with van der Waals surface area (Å²) in [7, 11) is 0. The van der Waals surface area contributed by atoms with Crippen LogP contribution in [0.2, 0.25) is 0 Å². The van der Waals surface area contributed by atoms with Crippen LogP contribution in [0.1, 0.15) is 12.0 Å². The molecular weight excluding hydrogens is 267 g/mol. The molecule has 5 heteroatoms. The lowest BCUT2D eigenvalue weighted by atomic mass is 9.96. The van der Waals surface area contributed by atoms with Crippen molar-refractivity contribution in [2.75, 3.05) is 6.26 Å². The van der Waals surface area contributed by atoms with Gasteiger partial charge in [-0.05, 0) is 24.0 Å². The van der Waals surface area contributed by atoms with E-state index >= 15 is 0 Å². The van der Waals surface area contributed by atoms with Gasteiger partial charge in [-0.1, -0.05) is 35.3 Å². The number of hydrogen-bond donors (Lipinski definition) is 1. The molecule has 0 radical (unpaired) electrons. The van der Waals surface area contributed by atoms with Crippen molar-refractivity contribution in [1.82, 2.24) is 0 Å². The molecule has 1 atom stereocenters. The summed E-state index contributed by atoms with van der Waals surface area (Å²) in [6, 6.07) is 7.33. The van der Waals surface area contributed by atoms with E-state index in [4.69, 9.17) is 23.2 Å². The largest absolute Gasteiger partial charge is 0.480 e. The Morgan fingerprint density at radius 3 is 2.19 bits per heavy atom. The molecule has 1 aromatic rings. The summed E-state index contributed by atoms with van der Waals surface area (Å²) >= 11 is 13.5.